The standard InChI is InChI=1S/C17H24N2O4S/c1-16(2)10-11-9-12(5-6-13(11)23-16)24(21,22)19-14-7-8-15(20)18-17(14,3)4/h5-6,9,14,19H,7-8,10H2,1-4H3,(H,18,20). The first kappa shape index (κ1) is 17.2. The zero-order valence-corrected chi connectivity index (χ0v) is 15.3. The summed E-state index contributed by atoms with van der Waals surface area (Å²) in [4.78, 5) is 11.8. The Morgan fingerprint density at radius 3 is 2.62 bits per heavy atom. The van der Waals surface area contributed by atoms with Crippen molar-refractivity contribution in [3.05, 3.63) is 23.8 Å². The SMILES string of the molecule is CC1(C)Cc2cc(S(=O)(=O)NC3CCC(=O)NC3(C)C)ccc2O1. The maximum atomic E-state index is 12.8. The molecule has 2 N–H and O–H groups in total. The van der Waals surface area contributed by atoms with Gasteiger partial charge in [0.2, 0.25) is 15.9 Å². The molecule has 132 valence electrons. The number of hydrogen-bond acceptors (Lipinski definition) is 4. The highest BCUT2D eigenvalue weighted by atomic mass is 32.2. The highest BCUT2D eigenvalue weighted by molar-refractivity contribution is 7.89. The van der Waals surface area contributed by atoms with E-state index < -0.39 is 15.6 Å². The monoisotopic (exact) mass is 352 g/mol. The third-order valence-electron chi connectivity index (χ3n) is 4.63. The van der Waals surface area contributed by atoms with Crippen LogP contribution in [0, 0.1) is 0 Å². The van der Waals surface area contributed by atoms with Crippen molar-refractivity contribution in [3.63, 3.8) is 0 Å². The van der Waals surface area contributed by atoms with Gasteiger partial charge in [0, 0.05) is 18.9 Å². The van der Waals surface area contributed by atoms with Crippen LogP contribution in [0.2, 0.25) is 0 Å². The van der Waals surface area contributed by atoms with Gasteiger partial charge in [-0.2, -0.15) is 0 Å². The van der Waals surface area contributed by atoms with Gasteiger partial charge in [0.1, 0.15) is 11.4 Å². The molecule has 1 atom stereocenters. The Balaban J connectivity index is 1.83. The number of carbonyl (C=O) groups excluding carboxylic acids is 1. The smallest absolute Gasteiger partial charge is 0.240 e. The fourth-order valence-corrected chi connectivity index (χ4v) is 4.83. The number of piperidine rings is 1. The van der Waals surface area contributed by atoms with Crippen molar-refractivity contribution in [1.29, 1.82) is 0 Å². The van der Waals surface area contributed by atoms with Crippen molar-refractivity contribution in [2.24, 2.45) is 0 Å². The number of rotatable bonds is 3. The van der Waals surface area contributed by atoms with Crippen LogP contribution >= 0.6 is 0 Å². The first-order valence-corrected chi connectivity index (χ1v) is 9.62. The molecule has 1 unspecified atom stereocenters. The van der Waals surface area contributed by atoms with Crippen LogP contribution in [-0.2, 0) is 21.2 Å². The summed E-state index contributed by atoms with van der Waals surface area (Å²) in [7, 11) is -3.66. The van der Waals surface area contributed by atoms with E-state index in [2.05, 4.69) is 10.0 Å². The van der Waals surface area contributed by atoms with Crippen LogP contribution in [0.1, 0.15) is 46.1 Å². The Morgan fingerprint density at radius 1 is 1.25 bits per heavy atom. The fraction of sp³-hybridized carbons (Fsp3) is 0.588. The van der Waals surface area contributed by atoms with Gasteiger partial charge in [-0.15, -0.1) is 0 Å². The normalized spacial score (nSPS) is 24.8. The molecule has 0 aliphatic carbocycles. The van der Waals surface area contributed by atoms with Gasteiger partial charge >= 0.3 is 0 Å². The average molecular weight is 352 g/mol. The topological polar surface area (TPSA) is 84.5 Å². The fourth-order valence-electron chi connectivity index (χ4n) is 3.36. The summed E-state index contributed by atoms with van der Waals surface area (Å²) in [5.74, 6) is 0.691. The Kier molecular flexibility index (Phi) is 3.92. The molecule has 0 radical (unpaired) electrons. The van der Waals surface area contributed by atoms with Gasteiger partial charge in [0.05, 0.1) is 10.4 Å². The van der Waals surface area contributed by atoms with E-state index in [9.17, 15) is 13.2 Å². The molecular weight excluding hydrogens is 328 g/mol. The van der Waals surface area contributed by atoms with Crippen molar-refractivity contribution < 1.29 is 17.9 Å². The first-order chi connectivity index (χ1) is 11.0. The van der Waals surface area contributed by atoms with Gasteiger partial charge < -0.3 is 10.1 Å². The molecule has 2 aliphatic rings. The third-order valence-corrected chi connectivity index (χ3v) is 6.10. The highest BCUT2D eigenvalue weighted by Gasteiger charge is 2.38. The van der Waals surface area contributed by atoms with E-state index in [0.717, 1.165) is 11.3 Å². The second-order valence-electron chi connectivity index (χ2n) is 7.79. The van der Waals surface area contributed by atoms with Gasteiger partial charge in [0.25, 0.3) is 0 Å². The molecule has 24 heavy (non-hydrogen) atoms. The van der Waals surface area contributed by atoms with E-state index in [1.807, 2.05) is 27.7 Å². The van der Waals surface area contributed by atoms with Crippen LogP contribution in [-0.4, -0.2) is 31.5 Å². The molecule has 0 spiro atoms. The molecule has 6 nitrogen and oxygen atoms in total. The van der Waals surface area contributed by atoms with E-state index in [1.54, 1.807) is 18.2 Å². The molecule has 7 heteroatoms. The van der Waals surface area contributed by atoms with Crippen LogP contribution < -0.4 is 14.8 Å². The van der Waals surface area contributed by atoms with E-state index in [0.29, 0.717) is 19.3 Å². The summed E-state index contributed by atoms with van der Waals surface area (Å²) in [6, 6.07) is 4.62. The van der Waals surface area contributed by atoms with Gasteiger partial charge in [-0.3, -0.25) is 4.79 Å². The van der Waals surface area contributed by atoms with Gasteiger partial charge in [-0.25, -0.2) is 13.1 Å². The van der Waals surface area contributed by atoms with Crippen molar-refractivity contribution in [2.45, 2.75) is 69.0 Å². The number of fused-ring (bicyclic) bond motifs is 1. The van der Waals surface area contributed by atoms with Crippen LogP contribution in [0.4, 0.5) is 0 Å². The minimum atomic E-state index is -3.66. The summed E-state index contributed by atoms with van der Waals surface area (Å²) in [6.07, 6.45) is 1.48. The minimum absolute atomic E-state index is 0.0487. The first-order valence-electron chi connectivity index (χ1n) is 8.14. The Morgan fingerprint density at radius 2 is 1.96 bits per heavy atom. The molecule has 2 aliphatic heterocycles. The minimum Gasteiger partial charge on any atom is -0.487 e. The number of carbonyl (C=O) groups is 1. The highest BCUT2D eigenvalue weighted by Crippen LogP contribution is 2.36. The van der Waals surface area contributed by atoms with E-state index in [1.165, 1.54) is 0 Å². The zero-order valence-electron chi connectivity index (χ0n) is 14.5. The van der Waals surface area contributed by atoms with E-state index in [-0.39, 0.29) is 22.4 Å². The zero-order chi connectivity index (χ0) is 17.8. The predicted molar refractivity (Wildman–Crippen MR) is 90.4 cm³/mol. The summed E-state index contributed by atoms with van der Waals surface area (Å²) in [6.45, 7) is 7.62. The van der Waals surface area contributed by atoms with Gasteiger partial charge in [0.15, 0.2) is 0 Å². The summed E-state index contributed by atoms with van der Waals surface area (Å²) in [5.41, 5.74) is -0.0306. The Labute approximate surface area is 143 Å². The van der Waals surface area contributed by atoms with Crippen molar-refractivity contribution in [3.8, 4) is 5.75 Å². The maximum absolute atomic E-state index is 12.8. The summed E-state index contributed by atoms with van der Waals surface area (Å²) < 4.78 is 34.1. The lowest BCUT2D eigenvalue weighted by molar-refractivity contribution is -0.125. The molecular formula is C17H24N2O4S. The largest absolute Gasteiger partial charge is 0.487 e. The van der Waals surface area contributed by atoms with E-state index >= 15 is 0 Å². The molecule has 0 saturated carbocycles. The quantitative estimate of drug-likeness (QED) is 0.868. The number of ether oxygens (including phenoxy) is 1. The lowest BCUT2D eigenvalue weighted by atomic mass is 9.88. The molecule has 1 amide bonds. The molecule has 1 aromatic rings. The van der Waals surface area contributed by atoms with Crippen molar-refractivity contribution in [2.75, 3.05) is 0 Å². The lowest BCUT2D eigenvalue weighted by Gasteiger charge is -2.39. The van der Waals surface area contributed by atoms with Crippen LogP contribution in [0.3, 0.4) is 0 Å². The second kappa shape index (κ2) is 5.46. The average Bonchev–Trinajstić information content (AvgIpc) is 2.74. The van der Waals surface area contributed by atoms with E-state index in [4.69, 9.17) is 4.74 Å². The molecule has 3 rings (SSSR count). The molecule has 1 aromatic carbocycles. The molecule has 2 heterocycles. The molecule has 1 saturated heterocycles. The third kappa shape index (κ3) is 3.28. The van der Waals surface area contributed by atoms with Crippen molar-refractivity contribution in [1.82, 2.24) is 10.0 Å². The van der Waals surface area contributed by atoms with Crippen molar-refractivity contribution >= 4 is 15.9 Å². The van der Waals surface area contributed by atoms with Gasteiger partial charge in [-0.1, -0.05) is 0 Å². The molecule has 1 fully saturated rings. The summed E-state index contributed by atoms with van der Waals surface area (Å²) in [5, 5.41) is 2.85. The number of sulfonamides is 1. The lowest BCUT2D eigenvalue weighted by Crippen LogP contribution is -2.61. The molecule has 0 bridgehead atoms. The number of benzene rings is 1. The maximum Gasteiger partial charge on any atom is 0.240 e. The number of amides is 1. The molecule has 0 aromatic heterocycles. The summed E-state index contributed by atoms with van der Waals surface area (Å²) >= 11 is 0. The van der Waals surface area contributed by atoms with Crippen LogP contribution in [0.5, 0.6) is 5.75 Å². The number of hydrogen-bond donors (Lipinski definition) is 2. The Hall–Kier alpha value is -1.60. The Bertz CT molecular complexity index is 784. The van der Waals surface area contributed by atoms with Crippen LogP contribution in [0.25, 0.3) is 0 Å². The second-order valence-corrected chi connectivity index (χ2v) is 9.50. The van der Waals surface area contributed by atoms with Gasteiger partial charge in [-0.05, 0) is 57.9 Å². The van der Waals surface area contributed by atoms with Crippen LogP contribution in [0.15, 0.2) is 23.1 Å². The number of nitrogens with one attached hydrogen (secondary N) is 2. The predicted octanol–water partition coefficient (Wildman–Crippen LogP) is 1.74.